The number of nitrogens with two attached hydrogens (primary N) is 3. The van der Waals surface area contributed by atoms with Crippen molar-refractivity contribution in [1.82, 2.24) is 15.0 Å². The van der Waals surface area contributed by atoms with Crippen molar-refractivity contribution in [3.05, 3.63) is 66.0 Å². The number of ether oxygens (including phenoxy) is 2. The number of oxime groups is 1. The monoisotopic (exact) mass is 491 g/mol. The number of nitrogens with zero attached hydrogens (tertiary/aromatic N) is 4. The van der Waals surface area contributed by atoms with E-state index in [0.717, 1.165) is 17.1 Å². The van der Waals surface area contributed by atoms with E-state index in [1.807, 2.05) is 0 Å². The summed E-state index contributed by atoms with van der Waals surface area (Å²) in [6.45, 7) is -0.148. The molecule has 35 heavy (non-hydrogen) atoms. The fourth-order valence-corrected chi connectivity index (χ4v) is 2.87. The first-order valence-electron chi connectivity index (χ1n) is 9.83. The number of hydrogen-bond donors (Lipinski definition) is 4. The van der Waals surface area contributed by atoms with Gasteiger partial charge in [-0.15, -0.1) is 13.2 Å². The van der Waals surface area contributed by atoms with Crippen molar-refractivity contribution < 1.29 is 32.6 Å². The van der Waals surface area contributed by atoms with Gasteiger partial charge in [-0.2, -0.15) is 4.98 Å². The molecular formula is C21H20F3N7O4. The Hall–Kier alpha value is -4.59. The van der Waals surface area contributed by atoms with Crippen molar-refractivity contribution in [2.75, 3.05) is 18.9 Å². The van der Waals surface area contributed by atoms with Crippen LogP contribution in [0.15, 0.2) is 59.9 Å². The zero-order valence-electron chi connectivity index (χ0n) is 17.9. The minimum Gasteiger partial charge on any atom is -0.461 e. The molecule has 0 aliphatic carbocycles. The summed E-state index contributed by atoms with van der Waals surface area (Å²) in [5, 5.41) is 12.4. The van der Waals surface area contributed by atoms with Crippen LogP contribution < -0.4 is 26.8 Å². The molecule has 1 aromatic heterocycles. The molecule has 0 aliphatic heterocycles. The summed E-state index contributed by atoms with van der Waals surface area (Å²) in [7, 11) is 0. The maximum Gasteiger partial charge on any atom is 0.573 e. The van der Waals surface area contributed by atoms with Gasteiger partial charge in [0.2, 0.25) is 0 Å². The third kappa shape index (κ3) is 6.70. The molecule has 0 fully saturated rings. The van der Waals surface area contributed by atoms with Crippen molar-refractivity contribution in [3.8, 4) is 22.9 Å². The molecule has 14 heteroatoms. The van der Waals surface area contributed by atoms with Gasteiger partial charge in [0, 0.05) is 11.9 Å². The van der Waals surface area contributed by atoms with Gasteiger partial charge in [0.15, 0.2) is 5.84 Å². The fraction of sp³-hybridized carbons (Fsp3) is 0.143. The molecule has 0 spiro atoms. The summed E-state index contributed by atoms with van der Waals surface area (Å²) < 4.78 is 46.3. The Morgan fingerprint density at radius 3 is 2.46 bits per heavy atom. The number of carbonyl (C=O) groups excluding carboxylic acids is 1. The number of anilines is 1. The molecule has 3 rings (SSSR count). The average Bonchev–Trinajstić information content (AvgIpc) is 2.83. The normalized spacial score (nSPS) is 11.7. The highest BCUT2D eigenvalue weighted by atomic mass is 19.4. The molecule has 184 valence electrons. The number of aromatic nitrogens is 2. The van der Waals surface area contributed by atoms with Crippen molar-refractivity contribution in [2.24, 2.45) is 16.7 Å². The zero-order chi connectivity index (χ0) is 25.6. The fourth-order valence-electron chi connectivity index (χ4n) is 2.87. The molecule has 0 unspecified atom stereocenters. The van der Waals surface area contributed by atoms with Gasteiger partial charge in [-0.1, -0.05) is 23.4 Å². The first-order valence-corrected chi connectivity index (χ1v) is 9.83. The topological polar surface area (TPSA) is 175 Å². The highest BCUT2D eigenvalue weighted by molar-refractivity contribution is 6.00. The van der Waals surface area contributed by atoms with Gasteiger partial charge < -0.3 is 26.1 Å². The van der Waals surface area contributed by atoms with Gasteiger partial charge in [-0.25, -0.2) is 10.8 Å². The molecule has 1 amide bonds. The number of benzene rings is 2. The van der Waals surface area contributed by atoms with E-state index in [1.54, 1.807) is 6.07 Å². The largest absolute Gasteiger partial charge is 0.573 e. The Kier molecular flexibility index (Phi) is 7.56. The summed E-state index contributed by atoms with van der Waals surface area (Å²) >= 11 is 0. The van der Waals surface area contributed by atoms with Crippen LogP contribution in [-0.2, 0) is 0 Å². The van der Waals surface area contributed by atoms with Gasteiger partial charge in [0.05, 0.1) is 12.1 Å². The summed E-state index contributed by atoms with van der Waals surface area (Å²) in [5.41, 5.74) is 12.8. The second-order valence-corrected chi connectivity index (χ2v) is 6.93. The minimum atomic E-state index is -4.80. The summed E-state index contributed by atoms with van der Waals surface area (Å²) in [6, 6.07) is 11.0. The van der Waals surface area contributed by atoms with Crippen LogP contribution in [0.25, 0.3) is 11.1 Å². The SMILES string of the molecule is N/C(=N\O)c1ccnc(OCCN(N)C(=O)c2cc(-c3ccc(OC(F)(F)F)cc3)ccc2N)n1. The Morgan fingerprint density at radius 1 is 1.11 bits per heavy atom. The third-order valence-corrected chi connectivity index (χ3v) is 4.53. The number of alkyl halides is 3. The second kappa shape index (κ2) is 10.6. The number of amides is 1. The minimum absolute atomic E-state index is 0.0663. The first kappa shape index (κ1) is 25.0. The molecule has 0 radical (unpaired) electrons. The molecule has 1 heterocycles. The molecule has 11 nitrogen and oxygen atoms in total. The highest BCUT2D eigenvalue weighted by Crippen LogP contribution is 2.28. The Labute approximate surface area is 196 Å². The van der Waals surface area contributed by atoms with Crippen LogP contribution >= 0.6 is 0 Å². The average molecular weight is 491 g/mol. The van der Waals surface area contributed by atoms with E-state index < -0.39 is 12.3 Å². The number of halogens is 3. The van der Waals surface area contributed by atoms with E-state index in [4.69, 9.17) is 27.3 Å². The van der Waals surface area contributed by atoms with Gasteiger partial charge in [-0.05, 0) is 41.5 Å². The molecule has 2 aromatic carbocycles. The molecule has 0 saturated carbocycles. The van der Waals surface area contributed by atoms with Crippen LogP contribution in [0.1, 0.15) is 16.1 Å². The van der Waals surface area contributed by atoms with Crippen LogP contribution in [-0.4, -0.2) is 51.4 Å². The van der Waals surface area contributed by atoms with E-state index >= 15 is 0 Å². The second-order valence-electron chi connectivity index (χ2n) is 6.93. The van der Waals surface area contributed by atoms with Crippen molar-refractivity contribution in [1.29, 1.82) is 0 Å². The first-order chi connectivity index (χ1) is 16.6. The van der Waals surface area contributed by atoms with Gasteiger partial charge in [0.25, 0.3) is 5.91 Å². The molecule has 0 saturated heterocycles. The molecule has 7 N–H and O–H groups in total. The molecule has 0 atom stereocenters. The summed E-state index contributed by atoms with van der Waals surface area (Å²) in [5.74, 6) is 4.64. The molecular weight excluding hydrogens is 471 g/mol. The van der Waals surface area contributed by atoms with Crippen LogP contribution in [0.2, 0.25) is 0 Å². The number of hydrazine groups is 1. The predicted molar refractivity (Wildman–Crippen MR) is 118 cm³/mol. The van der Waals surface area contributed by atoms with Crippen LogP contribution in [0, 0.1) is 0 Å². The van der Waals surface area contributed by atoms with Crippen molar-refractivity contribution >= 4 is 17.4 Å². The Bertz CT molecular complexity index is 1220. The maximum atomic E-state index is 12.8. The van der Waals surface area contributed by atoms with E-state index in [2.05, 4.69) is 19.9 Å². The molecule has 3 aromatic rings. The van der Waals surface area contributed by atoms with E-state index in [1.165, 1.54) is 36.5 Å². The lowest BCUT2D eigenvalue weighted by Crippen LogP contribution is -2.40. The smallest absolute Gasteiger partial charge is 0.461 e. The maximum absolute atomic E-state index is 12.8. The van der Waals surface area contributed by atoms with Gasteiger partial charge in [0.1, 0.15) is 18.1 Å². The zero-order valence-corrected chi connectivity index (χ0v) is 17.9. The van der Waals surface area contributed by atoms with Crippen LogP contribution in [0.3, 0.4) is 0 Å². The summed E-state index contributed by atoms with van der Waals surface area (Å²) in [6.07, 6.45) is -3.46. The van der Waals surface area contributed by atoms with Crippen LogP contribution in [0.4, 0.5) is 18.9 Å². The number of hydrogen-bond acceptors (Lipinski definition) is 9. The Morgan fingerprint density at radius 2 is 1.80 bits per heavy atom. The predicted octanol–water partition coefficient (Wildman–Crippen LogP) is 2.11. The van der Waals surface area contributed by atoms with E-state index in [-0.39, 0.29) is 47.7 Å². The van der Waals surface area contributed by atoms with Crippen molar-refractivity contribution in [3.63, 3.8) is 0 Å². The lowest BCUT2D eigenvalue weighted by Gasteiger charge is -2.18. The lowest BCUT2D eigenvalue weighted by molar-refractivity contribution is -0.274. The quantitative estimate of drug-likeness (QED) is 0.0699. The van der Waals surface area contributed by atoms with Gasteiger partial charge >= 0.3 is 12.4 Å². The number of rotatable bonds is 8. The standard InChI is InChI=1S/C21H20F3N7O4/c22-21(23,24)35-14-4-1-12(2-5-14)13-3-6-16(25)15(11-13)19(32)31(27)9-10-34-20-28-8-7-17(29-20)18(26)30-33/h1-8,11,33H,9-10,25,27H2,(H2,26,30). The number of amidine groups is 1. The van der Waals surface area contributed by atoms with Gasteiger partial charge in [-0.3, -0.25) is 9.80 Å². The van der Waals surface area contributed by atoms with E-state index in [0.29, 0.717) is 11.1 Å². The molecule has 0 aliphatic rings. The highest BCUT2D eigenvalue weighted by Gasteiger charge is 2.31. The lowest BCUT2D eigenvalue weighted by atomic mass is 10.0. The van der Waals surface area contributed by atoms with Crippen molar-refractivity contribution in [2.45, 2.75) is 6.36 Å². The number of carbonyl (C=O) groups is 1. The summed E-state index contributed by atoms with van der Waals surface area (Å²) in [4.78, 5) is 20.6. The van der Waals surface area contributed by atoms with E-state index in [9.17, 15) is 18.0 Å². The van der Waals surface area contributed by atoms with Crippen LogP contribution in [0.5, 0.6) is 11.8 Å². The Balaban J connectivity index is 1.66. The third-order valence-electron chi connectivity index (χ3n) is 4.53. The molecule has 0 bridgehead atoms. The number of nitrogen functional groups attached to an aromatic ring is 1.